The van der Waals surface area contributed by atoms with E-state index in [9.17, 15) is 44.1 Å². The van der Waals surface area contributed by atoms with Crippen molar-refractivity contribution in [3.8, 4) is 0 Å². The maximum absolute atomic E-state index is 13.0. The number of methoxy groups -OCH3 is 2. The summed E-state index contributed by atoms with van der Waals surface area (Å²) in [5.41, 5.74) is 0. The Kier molecular flexibility index (Phi) is 51.3. The Bertz CT molecular complexity index is 1620. The number of phosphoric acid groups is 1. The molecule has 2 rings (SSSR count). The van der Waals surface area contributed by atoms with Crippen molar-refractivity contribution in [2.24, 2.45) is 5.92 Å². The van der Waals surface area contributed by atoms with E-state index in [-0.39, 0.29) is 36.4 Å². The van der Waals surface area contributed by atoms with Gasteiger partial charge in [0, 0.05) is 40.5 Å². The summed E-state index contributed by atoms with van der Waals surface area (Å²) < 4.78 is 57.2. The molecule has 2 amide bonds. The van der Waals surface area contributed by atoms with Crippen LogP contribution in [0.25, 0.3) is 0 Å². The largest absolute Gasteiger partial charge is 0.472 e. The van der Waals surface area contributed by atoms with Crippen LogP contribution in [0, 0.1) is 5.92 Å². The van der Waals surface area contributed by atoms with Gasteiger partial charge < -0.3 is 59.4 Å². The molecular weight excluding hydrogens is 1090 g/mol. The van der Waals surface area contributed by atoms with Gasteiger partial charge in [-0.3, -0.25) is 18.9 Å². The molecule has 0 aromatic rings. The quantitative estimate of drug-likeness (QED) is 0.00701. The van der Waals surface area contributed by atoms with Crippen LogP contribution < -0.4 is 10.6 Å². The molecule has 0 aromatic carbocycles. The van der Waals surface area contributed by atoms with E-state index in [0.717, 1.165) is 64.2 Å². The Morgan fingerprint density at radius 3 is 1.68 bits per heavy atom. The van der Waals surface area contributed by atoms with Gasteiger partial charge in [0.15, 0.2) is 6.29 Å². The Morgan fingerprint density at radius 2 is 1.17 bits per heavy atom. The van der Waals surface area contributed by atoms with E-state index in [1.807, 2.05) is 0 Å². The van der Waals surface area contributed by atoms with Gasteiger partial charge in [0.25, 0.3) is 0 Å². The average molecular weight is 1200 g/mol. The maximum atomic E-state index is 13.0. The number of aliphatic hydroxyl groups excluding tert-OH is 3. The number of hydrogen-bond acceptors (Lipinski definition) is 16. The van der Waals surface area contributed by atoms with Gasteiger partial charge in [-0.15, -0.1) is 4.67 Å². The summed E-state index contributed by atoms with van der Waals surface area (Å²) in [5.74, 6) is -1.20. The maximum Gasteiger partial charge on any atom is 0.472 e. The lowest BCUT2D eigenvalue weighted by atomic mass is 9.77. The van der Waals surface area contributed by atoms with Gasteiger partial charge in [-0.2, -0.15) is 0 Å². The SMILES string of the molecule is CCCCCC/C=C\CCCCCCCCCC(=O)N[C@@H]1[C@@H](OCC[C@@H](CCCCCCC)OC)[C@H](O)[C@@H](CCO)C[C@H]1OC.CCCCCCCCCCO[C@@H]1[C@@H](NC(=O)CC(C)=O)[C@@H](OP(=O)(O)O)OC(CC)[C@H]1O.O=POO. The molecule has 0 spiro atoms. The Morgan fingerprint density at radius 1 is 0.679 bits per heavy atom. The molecule has 0 aromatic heterocycles. The number of unbranched alkanes of at least 4 members (excludes halogenated alkanes) is 22. The van der Waals surface area contributed by atoms with Gasteiger partial charge in [-0.25, -0.2) is 14.4 Å². The zero-order valence-corrected chi connectivity index (χ0v) is 52.7. The van der Waals surface area contributed by atoms with Crippen LogP contribution in [-0.4, -0.2) is 143 Å². The highest BCUT2D eigenvalue weighted by atomic mass is 31.2. The fourth-order valence-corrected chi connectivity index (χ4v) is 10.9. The van der Waals surface area contributed by atoms with Crippen molar-refractivity contribution >= 4 is 34.1 Å². The Hall–Kier alpha value is -1.84. The third-order valence-electron chi connectivity index (χ3n) is 15.0. The first-order chi connectivity index (χ1) is 39.0. The standard InChI is InChI=1S/C38H73NO6.C21H40NO9P.HO3P/c1-5-7-9-11-12-13-14-15-16-17-18-19-20-22-24-26-35(41)39-36-34(44-4)31-32(27-29-40)37(42)38(36)45-30-28-33(43-3)25-23-21-10-8-6-2;1-4-6-7-8-9-10-11-12-13-29-20-18(22-17(24)14-15(3)23)21(31-32(26,27)28)30-16(5-2)19(20)25;1-3-4-2/h13-14,32-34,36-38,40,42H,5-12,15-31H2,1-4H3,(H,39,41);16,18-21,25H,4-14H2,1-3H3,(H,22,24)(H2,26,27,28);1H/b14-13-;;/t32-,33+,34+,36-,37+,38+;16?,18-,19-,20-,21-;/m01./s1. The van der Waals surface area contributed by atoms with E-state index in [2.05, 4.69) is 48.2 Å². The highest BCUT2D eigenvalue weighted by Crippen LogP contribution is 2.41. The number of ketones is 1. The molecule has 2 fully saturated rings. The highest BCUT2D eigenvalue weighted by Gasteiger charge is 2.49. The van der Waals surface area contributed by atoms with Crippen LogP contribution in [0.3, 0.4) is 0 Å². The van der Waals surface area contributed by atoms with Crippen LogP contribution in [-0.2, 0) is 56.4 Å². The van der Waals surface area contributed by atoms with Crippen molar-refractivity contribution in [1.29, 1.82) is 0 Å². The molecule has 1 saturated carbocycles. The van der Waals surface area contributed by atoms with Crippen LogP contribution in [0.1, 0.15) is 247 Å². The first kappa shape index (κ1) is 79.2. The molecule has 0 bridgehead atoms. The monoisotopic (exact) mass is 1200 g/mol. The summed E-state index contributed by atoms with van der Waals surface area (Å²) in [5, 5.41) is 44.3. The van der Waals surface area contributed by atoms with Gasteiger partial charge >= 0.3 is 16.5 Å². The Labute approximate surface area is 489 Å². The number of ether oxygens (including phenoxy) is 5. The second-order valence-electron chi connectivity index (χ2n) is 21.9. The van der Waals surface area contributed by atoms with Crippen molar-refractivity contribution in [1.82, 2.24) is 10.6 Å². The number of phosphoric ester groups is 1. The van der Waals surface area contributed by atoms with E-state index in [0.29, 0.717) is 38.9 Å². The molecule has 81 heavy (non-hydrogen) atoms. The normalized spacial score (nSPS) is 23.3. The first-order valence-corrected chi connectivity index (χ1v) is 33.3. The molecule has 22 heteroatoms. The zero-order chi connectivity index (χ0) is 60.5. The Balaban J connectivity index is 0.00000155. The summed E-state index contributed by atoms with van der Waals surface area (Å²) >= 11 is 0. The number of carbonyl (C=O) groups excluding carboxylic acids is 3. The average Bonchev–Trinajstić information content (AvgIpc) is 3.59. The molecular formula is C59H114N2O18P2. The molecule has 1 saturated heterocycles. The van der Waals surface area contributed by atoms with E-state index in [1.54, 1.807) is 21.1 Å². The number of Topliss-reactive ketones (excluding diaryl/α,β-unsaturated/α-hetero) is 1. The van der Waals surface area contributed by atoms with Crippen molar-refractivity contribution in [2.45, 2.75) is 308 Å². The number of hydrogen-bond donors (Lipinski definition) is 8. The van der Waals surface area contributed by atoms with Gasteiger partial charge in [0.1, 0.15) is 30.1 Å². The first-order valence-electron chi connectivity index (χ1n) is 31.0. The van der Waals surface area contributed by atoms with Crippen molar-refractivity contribution in [3.63, 3.8) is 0 Å². The molecule has 478 valence electrons. The fourth-order valence-electron chi connectivity index (χ4n) is 10.4. The highest BCUT2D eigenvalue weighted by molar-refractivity contribution is 7.46. The minimum absolute atomic E-state index is 0.00191. The fraction of sp³-hybridized carbons (Fsp3) is 0.915. The molecule has 1 heterocycles. The smallest absolute Gasteiger partial charge is 0.396 e. The lowest BCUT2D eigenvalue weighted by Crippen LogP contribution is -2.64. The van der Waals surface area contributed by atoms with E-state index >= 15 is 0 Å². The number of amides is 2. The van der Waals surface area contributed by atoms with E-state index in [1.165, 1.54) is 122 Å². The third kappa shape index (κ3) is 40.2. The van der Waals surface area contributed by atoms with Gasteiger partial charge in [-0.05, 0) is 83.5 Å². The number of allylic oxidation sites excluding steroid dienone is 2. The third-order valence-corrected chi connectivity index (χ3v) is 15.6. The van der Waals surface area contributed by atoms with Crippen LogP contribution in [0.2, 0.25) is 0 Å². The molecule has 1 unspecified atom stereocenters. The molecule has 11 atom stereocenters. The summed E-state index contributed by atoms with van der Waals surface area (Å²) in [6.45, 7) is 10.4. The lowest BCUT2D eigenvalue weighted by Gasteiger charge is -2.44. The number of aliphatic hydroxyl groups is 3. The van der Waals surface area contributed by atoms with Crippen molar-refractivity contribution < 1.29 is 86.8 Å². The van der Waals surface area contributed by atoms with Gasteiger partial charge in [0.2, 0.25) is 11.8 Å². The molecule has 2 aliphatic rings. The van der Waals surface area contributed by atoms with Crippen LogP contribution in [0.4, 0.5) is 0 Å². The topological polar surface area (TPSA) is 295 Å². The molecule has 1 aliphatic carbocycles. The number of nitrogens with one attached hydrogen (secondary N) is 2. The predicted molar refractivity (Wildman–Crippen MR) is 316 cm³/mol. The van der Waals surface area contributed by atoms with Crippen LogP contribution in [0.15, 0.2) is 12.2 Å². The van der Waals surface area contributed by atoms with Crippen LogP contribution in [0.5, 0.6) is 0 Å². The minimum atomic E-state index is -4.96. The lowest BCUT2D eigenvalue weighted by molar-refractivity contribution is -0.250. The molecule has 8 N–H and O–H groups in total. The van der Waals surface area contributed by atoms with E-state index in [4.69, 9.17) is 38.0 Å². The second kappa shape index (κ2) is 52.5. The minimum Gasteiger partial charge on any atom is -0.396 e. The predicted octanol–water partition coefficient (Wildman–Crippen LogP) is 11.7. The van der Waals surface area contributed by atoms with Gasteiger partial charge in [0.05, 0.1) is 36.9 Å². The summed E-state index contributed by atoms with van der Waals surface area (Å²) in [6, 6.07) is -1.62. The zero-order valence-electron chi connectivity index (χ0n) is 50.9. The van der Waals surface area contributed by atoms with E-state index < -0.39 is 77.7 Å². The van der Waals surface area contributed by atoms with Gasteiger partial charge in [-0.1, -0.05) is 168 Å². The molecule has 20 nitrogen and oxygen atoms in total. The number of rotatable bonds is 47. The molecule has 0 radical (unpaired) electrons. The molecule has 1 aliphatic heterocycles. The number of carbonyl (C=O) groups is 3. The summed E-state index contributed by atoms with van der Waals surface area (Å²) in [7, 11) is -2.25. The van der Waals surface area contributed by atoms with Crippen molar-refractivity contribution in [2.75, 3.05) is 34.0 Å². The second-order valence-corrected chi connectivity index (χ2v) is 23.4. The summed E-state index contributed by atoms with van der Waals surface area (Å²) in [4.78, 5) is 55.0. The van der Waals surface area contributed by atoms with Crippen LogP contribution >= 0.6 is 16.5 Å². The van der Waals surface area contributed by atoms with Crippen molar-refractivity contribution in [3.05, 3.63) is 12.2 Å². The summed E-state index contributed by atoms with van der Waals surface area (Å²) in [6.07, 6.45) is 32.8.